The van der Waals surface area contributed by atoms with E-state index in [2.05, 4.69) is 123 Å². The van der Waals surface area contributed by atoms with E-state index in [-0.39, 0.29) is 85.5 Å². The van der Waals surface area contributed by atoms with Gasteiger partial charge in [-0.1, -0.05) is 72.9 Å². The van der Waals surface area contributed by atoms with Crippen LogP contribution in [0.4, 0.5) is 0 Å². The van der Waals surface area contributed by atoms with Gasteiger partial charge >= 0.3 is 0 Å². The summed E-state index contributed by atoms with van der Waals surface area (Å²) >= 11 is 0. The molecular formula is C45H45N3W3. The molecule has 6 heteroatoms. The molecule has 6 heterocycles. The topological polar surface area (TPSA) is 11.6 Å². The number of hydrogen-bond acceptors (Lipinski definition) is 0. The van der Waals surface area contributed by atoms with Crippen LogP contribution in [0.25, 0.3) is 34.9 Å². The summed E-state index contributed by atoms with van der Waals surface area (Å²) in [4.78, 5) is 0. The molecule has 0 unspecified atom stereocenters. The molecular weight excluding hydrogens is 1130 g/mol. The van der Waals surface area contributed by atoms with E-state index < -0.39 is 0 Å². The maximum Gasteiger partial charge on any atom is 0.217 e. The van der Waals surface area contributed by atoms with E-state index in [1.54, 1.807) is 11.1 Å². The van der Waals surface area contributed by atoms with Gasteiger partial charge in [0.15, 0.2) is 37.7 Å². The Labute approximate surface area is 348 Å². The standard InChI is InChI=1S/3C14H12N.3CH3.3W/c1-4-11-9-15-13-6-2-3-10(13)7-8-14(15)12(11)5-1;1-3-10-7-8-15-9-11-4-2-6-13(11)14(15)12(10)5-1;1-3-10-7-14-13-6-2-5-12(13)9-15(14)8-11(10)4-1;;;;;;/h1-4,7-8H,5-6,9H2;1-2,4-5,7-8H,3,6,9H2;1-3,5,7-8H,4,6,9H2;3*1H3;;;/q3*+1;3*-1;;;. The van der Waals surface area contributed by atoms with Crippen molar-refractivity contribution in [2.75, 3.05) is 0 Å². The van der Waals surface area contributed by atoms with Crippen molar-refractivity contribution in [3.8, 4) is 0 Å². The zero-order valence-electron chi connectivity index (χ0n) is 29.8. The van der Waals surface area contributed by atoms with Crippen LogP contribution in [0.15, 0.2) is 108 Å². The summed E-state index contributed by atoms with van der Waals surface area (Å²) in [5.74, 6) is 0. The molecule has 0 radical (unpaired) electrons. The van der Waals surface area contributed by atoms with E-state index >= 15 is 0 Å². The van der Waals surface area contributed by atoms with Gasteiger partial charge in [0.25, 0.3) is 0 Å². The summed E-state index contributed by atoms with van der Waals surface area (Å²) < 4.78 is 7.28. The van der Waals surface area contributed by atoms with Crippen LogP contribution in [0.1, 0.15) is 69.9 Å². The molecule has 3 aromatic heterocycles. The van der Waals surface area contributed by atoms with E-state index in [1.807, 2.05) is 0 Å². The van der Waals surface area contributed by atoms with Crippen molar-refractivity contribution in [3.63, 3.8) is 0 Å². The third-order valence-corrected chi connectivity index (χ3v) is 10.9. The fraction of sp³-hybridized carbons (Fsp3) is 0.200. The van der Waals surface area contributed by atoms with E-state index in [1.165, 1.54) is 72.9 Å². The van der Waals surface area contributed by atoms with Crippen LogP contribution in [0.3, 0.4) is 0 Å². The smallest absolute Gasteiger partial charge is 0.217 e. The normalized spacial score (nSPS) is 17.4. The molecule has 0 saturated carbocycles. The van der Waals surface area contributed by atoms with Gasteiger partial charge in [-0.2, -0.15) is 13.7 Å². The molecule has 51 heavy (non-hydrogen) atoms. The van der Waals surface area contributed by atoms with E-state index in [4.69, 9.17) is 0 Å². The quantitative estimate of drug-likeness (QED) is 0.159. The van der Waals surface area contributed by atoms with Gasteiger partial charge in [-0.15, -0.1) is 0 Å². The second-order valence-electron chi connectivity index (χ2n) is 13.4. The second kappa shape index (κ2) is 16.5. The zero-order valence-corrected chi connectivity index (χ0v) is 38.6. The Morgan fingerprint density at radius 3 is 1.84 bits per heavy atom. The maximum absolute atomic E-state index is 2.49. The van der Waals surface area contributed by atoms with Crippen molar-refractivity contribution in [1.29, 1.82) is 0 Å². The van der Waals surface area contributed by atoms with Crippen LogP contribution < -0.4 is 13.7 Å². The Hall–Kier alpha value is -2.83. The number of pyridine rings is 3. The van der Waals surface area contributed by atoms with Gasteiger partial charge < -0.3 is 22.3 Å². The zero-order chi connectivity index (χ0) is 29.5. The maximum atomic E-state index is 2.49. The number of hydrogen-bond donors (Lipinski definition) is 0. The molecule has 0 fully saturated rings. The van der Waals surface area contributed by atoms with Crippen LogP contribution in [-0.2, 0) is 102 Å². The first kappa shape index (κ1) is 40.9. The summed E-state index contributed by atoms with van der Waals surface area (Å²) in [6.45, 7) is 3.24. The second-order valence-corrected chi connectivity index (χ2v) is 13.4. The van der Waals surface area contributed by atoms with Crippen molar-refractivity contribution in [2.45, 2.75) is 58.2 Å². The van der Waals surface area contributed by atoms with E-state index in [9.17, 15) is 0 Å². The number of allylic oxidation sites excluding steroid dienone is 15. The Kier molecular flexibility index (Phi) is 13.2. The van der Waals surface area contributed by atoms with Crippen molar-refractivity contribution in [3.05, 3.63) is 181 Å². The summed E-state index contributed by atoms with van der Waals surface area (Å²) in [7, 11) is 0. The Balaban J connectivity index is 0.000000162. The number of fused-ring (bicyclic) bond motifs is 11. The molecule has 0 bridgehead atoms. The summed E-state index contributed by atoms with van der Waals surface area (Å²) in [5.41, 5.74) is 22.3. The first-order chi connectivity index (χ1) is 22.3. The first-order valence-electron chi connectivity index (χ1n) is 16.6. The molecule has 0 N–H and O–H groups in total. The Bertz CT molecular complexity index is 2190. The summed E-state index contributed by atoms with van der Waals surface area (Å²) in [5, 5.41) is 0. The van der Waals surface area contributed by atoms with E-state index in [0.29, 0.717) is 0 Å². The average Bonchev–Trinajstić information content (AvgIpc) is 3.89. The van der Waals surface area contributed by atoms with Crippen LogP contribution in [0.5, 0.6) is 0 Å². The molecule has 12 rings (SSSR count). The van der Waals surface area contributed by atoms with Gasteiger partial charge in [0.2, 0.25) is 17.1 Å². The average molecular weight is 1180 g/mol. The van der Waals surface area contributed by atoms with Gasteiger partial charge in [0.05, 0.1) is 6.42 Å². The minimum Gasteiger partial charge on any atom is -0.358 e. The largest absolute Gasteiger partial charge is 0.358 e. The number of rotatable bonds is 0. The molecule has 3 aliphatic heterocycles. The van der Waals surface area contributed by atoms with Crippen molar-refractivity contribution in [1.82, 2.24) is 0 Å². The molecule has 0 spiro atoms. The van der Waals surface area contributed by atoms with Crippen LogP contribution in [0, 0.1) is 22.3 Å². The van der Waals surface area contributed by atoms with Gasteiger partial charge in [-0.25, -0.2) is 0 Å². The molecule has 258 valence electrons. The molecule has 3 aromatic rings. The Morgan fingerprint density at radius 2 is 1.06 bits per heavy atom. The first-order valence-corrected chi connectivity index (χ1v) is 16.6. The van der Waals surface area contributed by atoms with Crippen molar-refractivity contribution < 1.29 is 76.9 Å². The third-order valence-electron chi connectivity index (χ3n) is 10.9. The van der Waals surface area contributed by atoms with Crippen molar-refractivity contribution in [2.24, 2.45) is 0 Å². The molecule has 9 aliphatic rings. The van der Waals surface area contributed by atoms with Gasteiger partial charge in [0.1, 0.15) is 0 Å². The molecule has 0 aromatic carbocycles. The van der Waals surface area contributed by atoms with Crippen LogP contribution in [-0.4, -0.2) is 0 Å². The number of aromatic nitrogens is 3. The monoisotopic (exact) mass is 1180 g/mol. The molecule has 0 amide bonds. The fourth-order valence-corrected chi connectivity index (χ4v) is 8.67. The summed E-state index contributed by atoms with van der Waals surface area (Å²) in [6, 6.07) is 9.17. The summed E-state index contributed by atoms with van der Waals surface area (Å²) in [6.07, 6.45) is 38.5. The minimum atomic E-state index is 0. The third kappa shape index (κ3) is 6.78. The predicted octanol–water partition coefficient (Wildman–Crippen LogP) is 8.15. The number of nitrogens with zero attached hydrogens (tertiary/aromatic N) is 3. The Morgan fingerprint density at radius 1 is 0.471 bits per heavy atom. The van der Waals surface area contributed by atoms with Gasteiger partial charge in [-0.05, 0) is 49.3 Å². The molecule has 3 nitrogen and oxygen atoms in total. The van der Waals surface area contributed by atoms with Crippen LogP contribution in [0.2, 0.25) is 0 Å². The van der Waals surface area contributed by atoms with Crippen molar-refractivity contribution >= 4 is 34.9 Å². The van der Waals surface area contributed by atoms with Crippen LogP contribution >= 0.6 is 0 Å². The molecule has 0 saturated heterocycles. The van der Waals surface area contributed by atoms with E-state index in [0.717, 1.165) is 58.2 Å². The molecule has 6 aliphatic carbocycles. The molecule has 0 atom stereocenters. The SMILES string of the molecule is C1=CC2=C(C1)c1c3c(cc[n+]1C2)CC=C3.C1=CC2=C(C1)c1cc3c(c[n+]1C2)CC=C3.C1=CC2=C(C1)c1ccc3c([n+]1C2)CC=C3.[CH3-].[CH3-].[CH3-].[W].[W].[W]. The van der Waals surface area contributed by atoms with Gasteiger partial charge in [0, 0.05) is 132 Å². The van der Waals surface area contributed by atoms with Gasteiger partial charge in [-0.3, -0.25) is 0 Å². The minimum absolute atomic E-state index is 0. The predicted molar refractivity (Wildman–Crippen MR) is 199 cm³/mol. The fourth-order valence-electron chi connectivity index (χ4n) is 8.67.